The Bertz CT molecular complexity index is 601. The topological polar surface area (TPSA) is 29.0 Å². The van der Waals surface area contributed by atoms with E-state index in [1.54, 1.807) is 0 Å². The standard InChI is InChI=1S/C14H15BrClN3/c1-9-13(16)17-10(2)18-14(9)19(3)8-11-5-4-6-12(15)7-11/h4-7H,8H2,1-3H3. The normalized spacial score (nSPS) is 10.6. The Labute approximate surface area is 126 Å². The van der Waals surface area contributed by atoms with Crippen LogP contribution in [0.25, 0.3) is 0 Å². The number of hydrogen-bond acceptors (Lipinski definition) is 3. The van der Waals surface area contributed by atoms with Gasteiger partial charge in [0.15, 0.2) is 0 Å². The fourth-order valence-corrected chi connectivity index (χ4v) is 2.59. The lowest BCUT2D eigenvalue weighted by Crippen LogP contribution is -2.19. The minimum atomic E-state index is 0.517. The van der Waals surface area contributed by atoms with Crippen molar-refractivity contribution in [3.05, 3.63) is 50.8 Å². The minimum absolute atomic E-state index is 0.517. The quantitative estimate of drug-likeness (QED) is 0.786. The van der Waals surface area contributed by atoms with Crippen LogP contribution in [0.5, 0.6) is 0 Å². The number of aromatic nitrogens is 2. The maximum Gasteiger partial charge on any atom is 0.137 e. The van der Waals surface area contributed by atoms with E-state index in [1.165, 1.54) is 5.56 Å². The average molecular weight is 341 g/mol. The van der Waals surface area contributed by atoms with Gasteiger partial charge in [0.05, 0.1) is 0 Å². The highest BCUT2D eigenvalue weighted by Gasteiger charge is 2.12. The monoisotopic (exact) mass is 339 g/mol. The van der Waals surface area contributed by atoms with Gasteiger partial charge in [0, 0.05) is 23.6 Å². The molecule has 2 rings (SSSR count). The number of aryl methyl sites for hydroxylation is 1. The summed E-state index contributed by atoms with van der Waals surface area (Å²) in [5.74, 6) is 1.56. The van der Waals surface area contributed by atoms with Gasteiger partial charge in [0.25, 0.3) is 0 Å². The van der Waals surface area contributed by atoms with Crippen LogP contribution in [-0.4, -0.2) is 17.0 Å². The van der Waals surface area contributed by atoms with Crippen LogP contribution < -0.4 is 4.90 Å². The Morgan fingerprint density at radius 1 is 1.26 bits per heavy atom. The third-order valence-corrected chi connectivity index (χ3v) is 3.70. The molecule has 0 N–H and O–H groups in total. The number of benzene rings is 1. The van der Waals surface area contributed by atoms with E-state index in [9.17, 15) is 0 Å². The predicted octanol–water partition coefficient (Wildman–Crippen LogP) is 4.15. The Hall–Kier alpha value is -1.13. The fourth-order valence-electron chi connectivity index (χ4n) is 1.94. The van der Waals surface area contributed by atoms with Gasteiger partial charge in [-0.25, -0.2) is 9.97 Å². The molecule has 0 bridgehead atoms. The van der Waals surface area contributed by atoms with Gasteiger partial charge in [-0.15, -0.1) is 0 Å². The molecule has 0 radical (unpaired) electrons. The zero-order chi connectivity index (χ0) is 14.0. The summed E-state index contributed by atoms with van der Waals surface area (Å²) >= 11 is 9.59. The van der Waals surface area contributed by atoms with Gasteiger partial charge in [0.1, 0.15) is 16.8 Å². The van der Waals surface area contributed by atoms with Crippen molar-refractivity contribution in [2.75, 3.05) is 11.9 Å². The summed E-state index contributed by atoms with van der Waals surface area (Å²) in [5, 5.41) is 0.517. The third kappa shape index (κ3) is 3.45. The van der Waals surface area contributed by atoms with Crippen LogP contribution in [0.3, 0.4) is 0 Å². The molecular weight excluding hydrogens is 326 g/mol. The molecule has 0 aliphatic carbocycles. The van der Waals surface area contributed by atoms with E-state index >= 15 is 0 Å². The van der Waals surface area contributed by atoms with E-state index in [2.05, 4.69) is 42.9 Å². The van der Waals surface area contributed by atoms with Crippen LogP contribution in [0.1, 0.15) is 17.0 Å². The average Bonchev–Trinajstić information content (AvgIpc) is 2.33. The van der Waals surface area contributed by atoms with E-state index in [1.807, 2.05) is 33.0 Å². The summed E-state index contributed by atoms with van der Waals surface area (Å²) < 4.78 is 1.08. The molecule has 0 saturated carbocycles. The van der Waals surface area contributed by atoms with Gasteiger partial charge in [0.2, 0.25) is 0 Å². The van der Waals surface area contributed by atoms with Gasteiger partial charge in [-0.05, 0) is 31.5 Å². The Balaban J connectivity index is 2.27. The van der Waals surface area contributed by atoms with Crippen molar-refractivity contribution < 1.29 is 0 Å². The lowest BCUT2D eigenvalue weighted by molar-refractivity contribution is 0.869. The van der Waals surface area contributed by atoms with E-state index in [0.717, 1.165) is 22.4 Å². The van der Waals surface area contributed by atoms with Crippen molar-refractivity contribution in [1.29, 1.82) is 0 Å². The fraction of sp³-hybridized carbons (Fsp3) is 0.286. The molecule has 0 saturated heterocycles. The summed E-state index contributed by atoms with van der Waals surface area (Å²) in [6.45, 7) is 4.56. The number of halogens is 2. The highest BCUT2D eigenvalue weighted by atomic mass is 79.9. The molecule has 3 nitrogen and oxygen atoms in total. The third-order valence-electron chi connectivity index (χ3n) is 2.84. The molecule has 100 valence electrons. The van der Waals surface area contributed by atoms with E-state index in [4.69, 9.17) is 11.6 Å². The van der Waals surface area contributed by atoms with Crippen LogP contribution in [-0.2, 0) is 6.54 Å². The first-order valence-corrected chi connectivity index (χ1v) is 7.11. The molecule has 0 aliphatic heterocycles. The van der Waals surface area contributed by atoms with Gasteiger partial charge < -0.3 is 4.90 Å². The molecule has 0 amide bonds. The van der Waals surface area contributed by atoms with Crippen molar-refractivity contribution >= 4 is 33.3 Å². The summed E-state index contributed by atoms with van der Waals surface area (Å²) in [7, 11) is 2.01. The van der Waals surface area contributed by atoms with E-state index in [0.29, 0.717) is 11.0 Å². The maximum absolute atomic E-state index is 6.11. The first kappa shape index (κ1) is 14.3. The molecular formula is C14H15BrClN3. The summed E-state index contributed by atoms with van der Waals surface area (Å²) in [6.07, 6.45) is 0. The molecule has 0 unspecified atom stereocenters. The molecule has 0 spiro atoms. The second-order valence-corrected chi connectivity index (χ2v) is 5.77. The van der Waals surface area contributed by atoms with Gasteiger partial charge in [-0.3, -0.25) is 0 Å². The molecule has 0 fully saturated rings. The van der Waals surface area contributed by atoms with Crippen molar-refractivity contribution in [3.63, 3.8) is 0 Å². The smallest absolute Gasteiger partial charge is 0.137 e. The van der Waals surface area contributed by atoms with Crippen LogP contribution in [0.4, 0.5) is 5.82 Å². The molecule has 1 aromatic heterocycles. The second-order valence-electron chi connectivity index (χ2n) is 4.50. The highest BCUT2D eigenvalue weighted by molar-refractivity contribution is 9.10. The maximum atomic E-state index is 6.11. The van der Waals surface area contributed by atoms with Gasteiger partial charge in [-0.2, -0.15) is 0 Å². The van der Waals surface area contributed by atoms with Crippen molar-refractivity contribution in [2.24, 2.45) is 0 Å². The molecule has 0 atom stereocenters. The van der Waals surface area contributed by atoms with Gasteiger partial charge >= 0.3 is 0 Å². The first-order chi connectivity index (χ1) is 8.97. The van der Waals surface area contributed by atoms with Crippen LogP contribution >= 0.6 is 27.5 Å². The molecule has 2 aromatic rings. The molecule has 0 aliphatic rings. The van der Waals surface area contributed by atoms with E-state index < -0.39 is 0 Å². The first-order valence-electron chi connectivity index (χ1n) is 5.93. The van der Waals surface area contributed by atoms with Crippen molar-refractivity contribution in [3.8, 4) is 0 Å². The van der Waals surface area contributed by atoms with Gasteiger partial charge in [-0.1, -0.05) is 39.7 Å². The number of nitrogens with zero attached hydrogens (tertiary/aromatic N) is 3. The Kier molecular flexibility index (Phi) is 4.42. The van der Waals surface area contributed by atoms with Crippen molar-refractivity contribution in [1.82, 2.24) is 9.97 Å². The Morgan fingerprint density at radius 3 is 2.68 bits per heavy atom. The zero-order valence-corrected chi connectivity index (χ0v) is 13.5. The number of hydrogen-bond donors (Lipinski definition) is 0. The lowest BCUT2D eigenvalue weighted by atomic mass is 10.2. The molecule has 5 heteroatoms. The summed E-state index contributed by atoms with van der Waals surface area (Å²) in [4.78, 5) is 10.7. The molecule has 1 heterocycles. The largest absolute Gasteiger partial charge is 0.355 e. The second kappa shape index (κ2) is 5.88. The summed E-state index contributed by atoms with van der Waals surface area (Å²) in [6, 6.07) is 8.23. The minimum Gasteiger partial charge on any atom is -0.355 e. The SMILES string of the molecule is Cc1nc(Cl)c(C)c(N(C)Cc2cccc(Br)c2)n1. The van der Waals surface area contributed by atoms with Crippen LogP contribution in [0.15, 0.2) is 28.7 Å². The van der Waals surface area contributed by atoms with Crippen molar-refractivity contribution in [2.45, 2.75) is 20.4 Å². The van der Waals surface area contributed by atoms with Crippen LogP contribution in [0.2, 0.25) is 5.15 Å². The summed E-state index contributed by atoms with van der Waals surface area (Å²) in [5.41, 5.74) is 2.12. The van der Waals surface area contributed by atoms with E-state index in [-0.39, 0.29) is 0 Å². The Morgan fingerprint density at radius 2 is 2.00 bits per heavy atom. The highest BCUT2D eigenvalue weighted by Crippen LogP contribution is 2.24. The predicted molar refractivity (Wildman–Crippen MR) is 82.8 cm³/mol. The zero-order valence-electron chi connectivity index (χ0n) is 11.1. The number of rotatable bonds is 3. The van der Waals surface area contributed by atoms with Crippen LogP contribution in [0, 0.1) is 13.8 Å². The number of anilines is 1. The molecule has 19 heavy (non-hydrogen) atoms. The lowest BCUT2D eigenvalue weighted by Gasteiger charge is -2.21. The molecule has 1 aromatic carbocycles.